The van der Waals surface area contributed by atoms with Gasteiger partial charge >= 0.3 is 5.97 Å². The lowest BCUT2D eigenvalue weighted by molar-refractivity contribution is -0.143. The van der Waals surface area contributed by atoms with E-state index in [1.165, 1.54) is 360 Å². The Morgan fingerprint density at radius 1 is 0.329 bits per heavy atom. The van der Waals surface area contributed by atoms with Crippen LogP contribution in [0.2, 0.25) is 0 Å². The summed E-state index contributed by atoms with van der Waals surface area (Å²) in [6.45, 7) is 4.95. The molecular formula is C76H147NO5. The minimum atomic E-state index is -0.842. The molecule has 0 saturated heterocycles. The van der Waals surface area contributed by atoms with Gasteiger partial charge in [0.25, 0.3) is 0 Å². The number of carbonyl (C=O) groups excluding carboxylic acids is 2. The molecule has 1 amide bonds. The van der Waals surface area contributed by atoms with Crippen molar-refractivity contribution in [2.75, 3.05) is 13.2 Å². The first-order valence-corrected chi connectivity index (χ1v) is 37.6. The molecular weight excluding hydrogens is 1010 g/mol. The van der Waals surface area contributed by atoms with Crippen LogP contribution in [0.1, 0.15) is 425 Å². The molecule has 2 unspecified atom stereocenters. The van der Waals surface area contributed by atoms with Crippen molar-refractivity contribution in [1.29, 1.82) is 0 Å². The van der Waals surface area contributed by atoms with Crippen LogP contribution in [0.25, 0.3) is 0 Å². The highest BCUT2D eigenvalue weighted by molar-refractivity contribution is 5.76. The normalized spacial score (nSPS) is 12.6. The third-order valence-corrected chi connectivity index (χ3v) is 17.7. The van der Waals surface area contributed by atoms with Crippen molar-refractivity contribution in [2.45, 2.75) is 437 Å². The molecule has 0 rings (SSSR count). The number of aliphatic hydroxyl groups excluding tert-OH is 2. The SMILES string of the molecule is CCCCCCCCCCCCCCCCCC/C=C/C(O)C(CO)NC(=O)CCCCCCCCCCCCCCCCCCC/C=C\CCCCCCCCCCCCCCCCOC(=O)CCCCCCCCCCCCCC. The number of rotatable bonds is 71. The average Bonchev–Trinajstić information content (AvgIpc) is 3.48. The number of hydrogen-bond acceptors (Lipinski definition) is 5. The molecule has 3 N–H and O–H groups in total. The second-order valence-corrected chi connectivity index (χ2v) is 26.0. The highest BCUT2D eigenvalue weighted by Gasteiger charge is 2.18. The molecule has 0 fully saturated rings. The number of esters is 1. The first kappa shape index (κ1) is 80.3. The average molecular weight is 1160 g/mol. The summed E-state index contributed by atoms with van der Waals surface area (Å²) in [6.07, 6.45) is 91.4. The minimum Gasteiger partial charge on any atom is -0.466 e. The third-order valence-electron chi connectivity index (χ3n) is 17.7. The van der Waals surface area contributed by atoms with Gasteiger partial charge in [-0.3, -0.25) is 9.59 Å². The standard InChI is InChI=1S/C76H147NO5/c1-3-5-7-9-11-13-15-17-18-19-39-42-45-48-52-56-60-64-68-74(79)73(72-78)77-75(80)69-65-61-57-53-49-46-43-40-37-35-33-31-29-27-25-23-21-20-22-24-26-28-30-32-34-36-38-41-44-47-51-55-59-63-67-71-82-76(81)70-66-62-58-54-50-16-14-12-10-8-6-4-2/h22,24,64,68,73-74,78-79H,3-21,23,25-63,65-67,69-72H2,1-2H3,(H,77,80)/b24-22-,68-64+. The van der Waals surface area contributed by atoms with Crippen molar-refractivity contribution >= 4 is 11.9 Å². The molecule has 2 atom stereocenters. The van der Waals surface area contributed by atoms with Crippen molar-refractivity contribution in [3.8, 4) is 0 Å². The zero-order valence-electron chi connectivity index (χ0n) is 55.8. The Balaban J connectivity index is 3.35. The Morgan fingerprint density at radius 2 is 0.573 bits per heavy atom. The number of hydrogen-bond donors (Lipinski definition) is 3. The molecule has 0 heterocycles. The van der Waals surface area contributed by atoms with E-state index in [1.54, 1.807) is 6.08 Å². The largest absolute Gasteiger partial charge is 0.466 e. The Kier molecular flexibility index (Phi) is 70.4. The van der Waals surface area contributed by atoms with Gasteiger partial charge in [0, 0.05) is 12.8 Å². The summed E-state index contributed by atoms with van der Waals surface area (Å²) < 4.78 is 5.49. The van der Waals surface area contributed by atoms with Gasteiger partial charge in [-0.1, -0.05) is 378 Å². The van der Waals surface area contributed by atoms with Crippen molar-refractivity contribution < 1.29 is 24.5 Å². The predicted molar refractivity (Wildman–Crippen MR) is 361 cm³/mol. The quantitative estimate of drug-likeness (QED) is 0.0320. The molecule has 82 heavy (non-hydrogen) atoms. The van der Waals surface area contributed by atoms with Crippen LogP contribution in [-0.2, 0) is 14.3 Å². The van der Waals surface area contributed by atoms with E-state index in [1.807, 2.05) is 6.08 Å². The maximum absolute atomic E-state index is 12.5. The molecule has 0 aliphatic rings. The van der Waals surface area contributed by atoms with E-state index >= 15 is 0 Å². The summed E-state index contributed by atoms with van der Waals surface area (Å²) >= 11 is 0. The van der Waals surface area contributed by atoms with Crippen LogP contribution in [-0.4, -0.2) is 47.4 Å². The van der Waals surface area contributed by atoms with E-state index < -0.39 is 12.1 Å². The van der Waals surface area contributed by atoms with Crippen LogP contribution in [0.5, 0.6) is 0 Å². The summed E-state index contributed by atoms with van der Waals surface area (Å²) in [6, 6.07) is -0.625. The maximum atomic E-state index is 12.5. The fraction of sp³-hybridized carbons (Fsp3) is 0.921. The van der Waals surface area contributed by atoms with Crippen LogP contribution in [0.15, 0.2) is 24.3 Å². The number of carbonyl (C=O) groups is 2. The molecule has 0 saturated carbocycles. The second-order valence-electron chi connectivity index (χ2n) is 26.0. The molecule has 6 nitrogen and oxygen atoms in total. The number of aliphatic hydroxyl groups is 2. The maximum Gasteiger partial charge on any atom is 0.305 e. The molecule has 0 aromatic heterocycles. The fourth-order valence-electron chi connectivity index (χ4n) is 12.0. The monoisotopic (exact) mass is 1150 g/mol. The number of unbranched alkanes of at least 4 members (excludes halogenated alkanes) is 58. The second kappa shape index (κ2) is 71.8. The predicted octanol–water partition coefficient (Wildman–Crippen LogP) is 24.5. The first-order valence-electron chi connectivity index (χ1n) is 37.6. The number of allylic oxidation sites excluding steroid dienone is 3. The van der Waals surface area contributed by atoms with Gasteiger partial charge in [-0.15, -0.1) is 0 Å². The van der Waals surface area contributed by atoms with E-state index in [9.17, 15) is 19.8 Å². The van der Waals surface area contributed by atoms with E-state index in [0.29, 0.717) is 19.4 Å². The van der Waals surface area contributed by atoms with Crippen LogP contribution < -0.4 is 5.32 Å². The molecule has 0 aromatic carbocycles. The van der Waals surface area contributed by atoms with Crippen molar-refractivity contribution in [3.05, 3.63) is 24.3 Å². The molecule has 0 bridgehead atoms. The van der Waals surface area contributed by atoms with Crippen LogP contribution in [0.4, 0.5) is 0 Å². The lowest BCUT2D eigenvalue weighted by Crippen LogP contribution is -2.45. The van der Waals surface area contributed by atoms with E-state index in [0.717, 1.165) is 38.5 Å². The van der Waals surface area contributed by atoms with Crippen molar-refractivity contribution in [1.82, 2.24) is 5.32 Å². The Labute approximate surface area is 513 Å². The van der Waals surface area contributed by atoms with E-state index in [4.69, 9.17) is 4.74 Å². The first-order chi connectivity index (χ1) is 40.5. The highest BCUT2D eigenvalue weighted by Crippen LogP contribution is 2.19. The van der Waals surface area contributed by atoms with Gasteiger partial charge in [-0.05, 0) is 57.8 Å². The molecule has 486 valence electrons. The molecule has 0 radical (unpaired) electrons. The topological polar surface area (TPSA) is 95.9 Å². The van der Waals surface area contributed by atoms with E-state index in [-0.39, 0.29) is 18.5 Å². The zero-order chi connectivity index (χ0) is 59.2. The van der Waals surface area contributed by atoms with Gasteiger partial charge in [-0.25, -0.2) is 0 Å². The smallest absolute Gasteiger partial charge is 0.305 e. The van der Waals surface area contributed by atoms with Gasteiger partial charge in [0.15, 0.2) is 0 Å². The van der Waals surface area contributed by atoms with E-state index in [2.05, 4.69) is 31.3 Å². The zero-order valence-corrected chi connectivity index (χ0v) is 55.8. The lowest BCUT2D eigenvalue weighted by atomic mass is 10.0. The highest BCUT2D eigenvalue weighted by atomic mass is 16.5. The van der Waals surface area contributed by atoms with Gasteiger partial charge < -0.3 is 20.3 Å². The van der Waals surface area contributed by atoms with Gasteiger partial charge in [0.2, 0.25) is 5.91 Å². The van der Waals surface area contributed by atoms with Gasteiger partial charge in [-0.2, -0.15) is 0 Å². The number of nitrogens with one attached hydrogen (secondary N) is 1. The number of ether oxygens (including phenoxy) is 1. The molecule has 0 spiro atoms. The van der Waals surface area contributed by atoms with Crippen molar-refractivity contribution in [3.63, 3.8) is 0 Å². The van der Waals surface area contributed by atoms with Gasteiger partial charge in [0.1, 0.15) is 0 Å². The van der Waals surface area contributed by atoms with Gasteiger partial charge in [0.05, 0.1) is 25.4 Å². The van der Waals surface area contributed by atoms with Crippen LogP contribution >= 0.6 is 0 Å². The van der Waals surface area contributed by atoms with Crippen LogP contribution in [0.3, 0.4) is 0 Å². The Morgan fingerprint density at radius 3 is 0.866 bits per heavy atom. The summed E-state index contributed by atoms with van der Waals surface area (Å²) in [7, 11) is 0. The summed E-state index contributed by atoms with van der Waals surface area (Å²) in [5.74, 6) is -0.0392. The summed E-state index contributed by atoms with van der Waals surface area (Å²) in [5, 5.41) is 23.2. The molecule has 6 heteroatoms. The summed E-state index contributed by atoms with van der Waals surface area (Å²) in [4.78, 5) is 24.6. The summed E-state index contributed by atoms with van der Waals surface area (Å²) in [5.41, 5.74) is 0. The minimum absolute atomic E-state index is 0.0214. The molecule has 0 aliphatic carbocycles. The Hall–Kier alpha value is -1.66. The van der Waals surface area contributed by atoms with Crippen molar-refractivity contribution in [2.24, 2.45) is 0 Å². The fourth-order valence-corrected chi connectivity index (χ4v) is 12.0. The third kappa shape index (κ3) is 67.5. The molecule has 0 aliphatic heterocycles. The molecule has 0 aromatic rings. The Bertz CT molecular complexity index is 1280. The van der Waals surface area contributed by atoms with Crippen LogP contribution in [0, 0.1) is 0 Å². The lowest BCUT2D eigenvalue weighted by Gasteiger charge is -2.20. The number of amides is 1.